The Morgan fingerprint density at radius 2 is 1.21 bits per heavy atom. The molecule has 0 aliphatic carbocycles. The molecule has 0 saturated heterocycles. The molecule has 0 atom stereocenters. The summed E-state index contributed by atoms with van der Waals surface area (Å²) in [4.78, 5) is 9.57. The molecule has 0 N–H and O–H groups in total. The Kier molecular flexibility index (Phi) is 8.73. The first kappa shape index (κ1) is 35.1. The number of pyridine rings is 1. The van der Waals surface area contributed by atoms with Gasteiger partial charge in [0, 0.05) is 52.1 Å². The molecule has 1 aliphatic heterocycles. The number of rotatable bonds is 8. The van der Waals surface area contributed by atoms with Crippen molar-refractivity contribution in [3.05, 3.63) is 198 Å². The van der Waals surface area contributed by atoms with Gasteiger partial charge in [0.05, 0.1) is 23.4 Å². The van der Waals surface area contributed by atoms with Crippen molar-refractivity contribution in [1.82, 2.24) is 9.55 Å². The zero-order valence-corrected chi connectivity index (χ0v) is 32.6. The van der Waals surface area contributed by atoms with Crippen LogP contribution in [0.2, 0.25) is 0 Å². The number of para-hydroxylation sites is 1. The van der Waals surface area contributed by atoms with Gasteiger partial charge in [-0.05, 0) is 82.3 Å². The second-order valence-electron chi connectivity index (χ2n) is 16.2. The zero-order chi connectivity index (χ0) is 38.4. The molecule has 5 heteroatoms. The van der Waals surface area contributed by atoms with Gasteiger partial charge in [0.25, 0.3) is 0 Å². The molecule has 5 nitrogen and oxygen atoms in total. The van der Waals surface area contributed by atoms with Gasteiger partial charge in [-0.2, -0.15) is 0 Å². The van der Waals surface area contributed by atoms with Crippen LogP contribution in [-0.4, -0.2) is 16.2 Å². The molecule has 0 fully saturated rings. The summed E-state index contributed by atoms with van der Waals surface area (Å²) in [5, 5.41) is 2.35. The largest absolute Gasteiger partial charge is 0.457 e. The zero-order valence-electron chi connectivity index (χ0n) is 32.6. The van der Waals surface area contributed by atoms with Crippen molar-refractivity contribution in [2.24, 2.45) is 0 Å². The molecule has 0 spiro atoms. The summed E-state index contributed by atoms with van der Waals surface area (Å²) in [6, 6.07) is 58.0. The molecule has 8 aromatic rings. The fraction of sp³-hybridized carbons (Fsp3) is 0.157. The van der Waals surface area contributed by atoms with E-state index in [2.05, 4.69) is 213 Å². The maximum Gasteiger partial charge on any atom is 0.137 e. The third-order valence-corrected chi connectivity index (χ3v) is 11.2. The number of aromatic nitrogens is 2. The van der Waals surface area contributed by atoms with E-state index in [1.54, 1.807) is 0 Å². The van der Waals surface area contributed by atoms with Crippen LogP contribution in [0.5, 0.6) is 11.5 Å². The number of ether oxygens (including phenoxy) is 1. The number of fused-ring (bicyclic) bond motifs is 3. The number of hydrogen-bond acceptors (Lipinski definition) is 4. The second-order valence-corrected chi connectivity index (χ2v) is 16.2. The van der Waals surface area contributed by atoms with E-state index in [1.165, 1.54) is 27.6 Å². The van der Waals surface area contributed by atoms with Crippen LogP contribution in [-0.2, 0) is 10.8 Å². The molecule has 1 aliphatic rings. The van der Waals surface area contributed by atoms with Crippen molar-refractivity contribution >= 4 is 38.9 Å². The lowest BCUT2D eigenvalue weighted by Gasteiger charge is -2.29. The maximum atomic E-state index is 6.68. The maximum absolute atomic E-state index is 6.68. The van der Waals surface area contributed by atoms with Crippen LogP contribution in [0.3, 0.4) is 0 Å². The minimum Gasteiger partial charge on any atom is -0.457 e. The van der Waals surface area contributed by atoms with Crippen LogP contribution in [0, 0.1) is 0 Å². The van der Waals surface area contributed by atoms with E-state index in [1.807, 2.05) is 12.3 Å². The smallest absolute Gasteiger partial charge is 0.137 e. The minimum atomic E-state index is -0.149. The molecule has 0 radical (unpaired) electrons. The van der Waals surface area contributed by atoms with Gasteiger partial charge in [-0.3, -0.25) is 4.57 Å². The molecule has 0 unspecified atom stereocenters. The van der Waals surface area contributed by atoms with Crippen LogP contribution in [0.15, 0.2) is 176 Å². The fourth-order valence-corrected chi connectivity index (χ4v) is 7.92. The third kappa shape index (κ3) is 6.49. The lowest BCUT2D eigenvalue weighted by molar-refractivity contribution is 0.483. The molecule has 9 rings (SSSR count). The van der Waals surface area contributed by atoms with Crippen molar-refractivity contribution in [1.29, 1.82) is 0 Å². The average Bonchev–Trinajstić information content (AvgIpc) is 3.82. The Balaban J connectivity index is 1.05. The minimum absolute atomic E-state index is 0.00246. The summed E-state index contributed by atoms with van der Waals surface area (Å²) in [6.45, 7) is 12.0. The van der Waals surface area contributed by atoms with Crippen molar-refractivity contribution in [2.75, 3.05) is 16.5 Å². The van der Waals surface area contributed by atoms with Crippen LogP contribution >= 0.6 is 0 Å². The van der Waals surface area contributed by atoms with E-state index in [4.69, 9.17) is 9.72 Å². The summed E-state index contributed by atoms with van der Waals surface area (Å²) < 4.78 is 8.93. The number of nitrogens with zero attached hydrogens (tertiary/aromatic N) is 4. The van der Waals surface area contributed by atoms with Crippen LogP contribution in [0.25, 0.3) is 33.3 Å². The SMILES string of the molecule is CC(C)(C)c1ccnc(-n2c3ccccc3c3ccc(Oc4cccc(N5C=C(c6ccccc6)N(c6cccc(C(C)(C)c7ccccc7)c6)C5)c4)cc32)c1. The highest BCUT2D eigenvalue weighted by Crippen LogP contribution is 2.40. The van der Waals surface area contributed by atoms with Gasteiger partial charge >= 0.3 is 0 Å². The van der Waals surface area contributed by atoms with E-state index in [-0.39, 0.29) is 10.8 Å². The third-order valence-electron chi connectivity index (χ3n) is 11.2. The highest BCUT2D eigenvalue weighted by atomic mass is 16.5. The van der Waals surface area contributed by atoms with Crippen LogP contribution in [0.1, 0.15) is 56.9 Å². The molecule has 56 heavy (non-hydrogen) atoms. The molecular formula is C51H46N4O. The van der Waals surface area contributed by atoms with Crippen LogP contribution < -0.4 is 14.5 Å². The number of benzene rings is 6. The normalized spacial score (nSPS) is 13.4. The summed E-state index contributed by atoms with van der Waals surface area (Å²) in [5.74, 6) is 2.45. The first-order valence-corrected chi connectivity index (χ1v) is 19.4. The van der Waals surface area contributed by atoms with Gasteiger partial charge in [-0.1, -0.05) is 132 Å². The molecule has 2 aromatic heterocycles. The number of anilines is 2. The van der Waals surface area contributed by atoms with E-state index < -0.39 is 0 Å². The van der Waals surface area contributed by atoms with E-state index in [9.17, 15) is 0 Å². The predicted molar refractivity (Wildman–Crippen MR) is 233 cm³/mol. The summed E-state index contributed by atoms with van der Waals surface area (Å²) in [5.41, 5.74) is 10.4. The Hall–Kier alpha value is -6.59. The highest BCUT2D eigenvalue weighted by molar-refractivity contribution is 6.09. The van der Waals surface area contributed by atoms with Crippen LogP contribution in [0.4, 0.5) is 11.4 Å². The monoisotopic (exact) mass is 730 g/mol. The van der Waals surface area contributed by atoms with Gasteiger partial charge in [0.2, 0.25) is 0 Å². The Morgan fingerprint density at radius 3 is 2.02 bits per heavy atom. The van der Waals surface area contributed by atoms with Crippen molar-refractivity contribution < 1.29 is 4.74 Å². The highest BCUT2D eigenvalue weighted by Gasteiger charge is 2.28. The predicted octanol–water partition coefficient (Wildman–Crippen LogP) is 12.9. The lowest BCUT2D eigenvalue weighted by atomic mass is 9.78. The van der Waals surface area contributed by atoms with Crippen molar-refractivity contribution in [2.45, 2.75) is 45.4 Å². The molecular weight excluding hydrogens is 685 g/mol. The van der Waals surface area contributed by atoms with E-state index in [0.29, 0.717) is 6.67 Å². The van der Waals surface area contributed by atoms with Gasteiger partial charge in [0.1, 0.15) is 17.3 Å². The molecule has 0 amide bonds. The Morgan fingerprint density at radius 1 is 0.536 bits per heavy atom. The average molecular weight is 731 g/mol. The number of hydrogen-bond donors (Lipinski definition) is 0. The molecule has 0 saturated carbocycles. The first-order chi connectivity index (χ1) is 27.1. The molecule has 3 heterocycles. The molecule has 276 valence electrons. The summed E-state index contributed by atoms with van der Waals surface area (Å²) in [6.07, 6.45) is 4.17. The van der Waals surface area contributed by atoms with E-state index >= 15 is 0 Å². The van der Waals surface area contributed by atoms with Gasteiger partial charge in [-0.15, -0.1) is 0 Å². The topological polar surface area (TPSA) is 33.5 Å². The van der Waals surface area contributed by atoms with Gasteiger partial charge in [0.15, 0.2) is 0 Å². The van der Waals surface area contributed by atoms with Crippen molar-refractivity contribution in [3.8, 4) is 17.3 Å². The first-order valence-electron chi connectivity index (χ1n) is 19.4. The summed E-state index contributed by atoms with van der Waals surface area (Å²) in [7, 11) is 0. The van der Waals surface area contributed by atoms with Gasteiger partial charge < -0.3 is 14.5 Å². The Bertz CT molecular complexity index is 2720. The van der Waals surface area contributed by atoms with E-state index in [0.717, 1.165) is 50.8 Å². The van der Waals surface area contributed by atoms with Crippen molar-refractivity contribution in [3.63, 3.8) is 0 Å². The quantitative estimate of drug-likeness (QED) is 0.156. The standard InChI is InChI=1S/C51H46N4O/c1-50(2,3)38-28-29-52-49(31-38)55-46-25-13-12-24-44(46)45-27-26-43(33-47(45)55)56-42-23-15-21-40(32-42)53-34-48(36-16-8-6-9-17-36)54(35-53)41-22-14-20-39(30-41)51(4,5)37-18-10-7-11-19-37/h6-34H,35H2,1-5H3. The second kappa shape index (κ2) is 13.9. The molecule has 0 bridgehead atoms. The molecule has 6 aromatic carbocycles. The summed E-state index contributed by atoms with van der Waals surface area (Å²) >= 11 is 0. The fourth-order valence-electron chi connectivity index (χ4n) is 7.92. The Labute approximate surface area is 329 Å². The van der Waals surface area contributed by atoms with Gasteiger partial charge in [-0.25, -0.2) is 4.98 Å². The lowest BCUT2D eigenvalue weighted by Crippen LogP contribution is -2.27.